The predicted molar refractivity (Wildman–Crippen MR) is 57.4 cm³/mol. The molecule has 2 aromatic rings. The van der Waals surface area contributed by atoms with E-state index >= 15 is 0 Å². The van der Waals surface area contributed by atoms with Crippen molar-refractivity contribution in [2.75, 3.05) is 12.4 Å². The molecular formula is C10H10N4O2. The summed E-state index contributed by atoms with van der Waals surface area (Å²) >= 11 is 0. The number of para-hydroxylation sites is 1. The lowest BCUT2D eigenvalue weighted by Crippen LogP contribution is -2.05. The zero-order valence-corrected chi connectivity index (χ0v) is 8.60. The minimum atomic E-state index is -0.535. The van der Waals surface area contributed by atoms with E-state index in [1.807, 2.05) is 30.3 Å². The van der Waals surface area contributed by atoms with E-state index in [9.17, 15) is 4.79 Å². The molecule has 0 fully saturated rings. The van der Waals surface area contributed by atoms with Crippen LogP contribution in [0.2, 0.25) is 0 Å². The summed E-state index contributed by atoms with van der Waals surface area (Å²) in [6.07, 6.45) is 0. The first-order valence-electron chi connectivity index (χ1n) is 4.62. The van der Waals surface area contributed by atoms with Crippen molar-refractivity contribution in [3.05, 3.63) is 36.0 Å². The summed E-state index contributed by atoms with van der Waals surface area (Å²) in [4.78, 5) is 11.3. The van der Waals surface area contributed by atoms with Crippen LogP contribution in [-0.2, 0) is 4.74 Å². The molecular weight excluding hydrogens is 208 g/mol. The molecule has 0 aliphatic carbocycles. The number of nitrogens with one attached hydrogen (secondary N) is 2. The van der Waals surface area contributed by atoms with E-state index in [4.69, 9.17) is 0 Å². The van der Waals surface area contributed by atoms with Gasteiger partial charge in [0.15, 0.2) is 5.82 Å². The number of H-pyrrole nitrogens is 1. The van der Waals surface area contributed by atoms with Gasteiger partial charge in [-0.05, 0) is 12.1 Å². The fraction of sp³-hybridized carbons (Fsp3) is 0.100. The van der Waals surface area contributed by atoms with Crippen molar-refractivity contribution in [2.24, 2.45) is 0 Å². The van der Waals surface area contributed by atoms with Crippen LogP contribution in [-0.4, -0.2) is 28.5 Å². The molecule has 1 heterocycles. The highest BCUT2D eigenvalue weighted by Crippen LogP contribution is 2.16. The van der Waals surface area contributed by atoms with Crippen molar-refractivity contribution >= 4 is 17.5 Å². The van der Waals surface area contributed by atoms with Crippen LogP contribution in [0.3, 0.4) is 0 Å². The average molecular weight is 218 g/mol. The highest BCUT2D eigenvalue weighted by molar-refractivity contribution is 5.92. The maximum Gasteiger partial charge on any atom is 0.362 e. The summed E-state index contributed by atoms with van der Waals surface area (Å²) in [5.41, 5.74) is 0.952. The van der Waals surface area contributed by atoms with Crippen molar-refractivity contribution in [1.29, 1.82) is 0 Å². The van der Waals surface area contributed by atoms with Crippen LogP contribution in [0.25, 0.3) is 0 Å². The molecule has 0 radical (unpaired) electrons. The van der Waals surface area contributed by atoms with Gasteiger partial charge in [-0.3, -0.25) is 0 Å². The second-order valence-corrected chi connectivity index (χ2v) is 3.00. The maximum absolute atomic E-state index is 11.3. The van der Waals surface area contributed by atoms with Gasteiger partial charge >= 0.3 is 5.97 Å². The van der Waals surface area contributed by atoms with Gasteiger partial charge in [-0.25, -0.2) is 4.79 Å². The second-order valence-electron chi connectivity index (χ2n) is 3.00. The molecule has 16 heavy (non-hydrogen) atoms. The van der Waals surface area contributed by atoms with Gasteiger partial charge in [-0.2, -0.15) is 5.21 Å². The topological polar surface area (TPSA) is 79.9 Å². The lowest BCUT2D eigenvalue weighted by Gasteiger charge is -2.02. The Labute approximate surface area is 91.6 Å². The Balaban J connectivity index is 2.22. The van der Waals surface area contributed by atoms with Crippen molar-refractivity contribution in [3.63, 3.8) is 0 Å². The Morgan fingerprint density at radius 3 is 2.75 bits per heavy atom. The summed E-state index contributed by atoms with van der Waals surface area (Å²) < 4.78 is 4.57. The molecule has 0 saturated heterocycles. The first-order valence-corrected chi connectivity index (χ1v) is 4.62. The molecule has 2 N–H and O–H groups in total. The zero-order valence-electron chi connectivity index (χ0n) is 8.60. The molecule has 0 saturated carbocycles. The molecule has 0 amide bonds. The monoisotopic (exact) mass is 218 g/mol. The third-order valence-electron chi connectivity index (χ3n) is 1.96. The Morgan fingerprint density at radius 1 is 1.31 bits per heavy atom. The largest absolute Gasteiger partial charge is 0.464 e. The summed E-state index contributed by atoms with van der Waals surface area (Å²) in [5.74, 6) is -0.190. The SMILES string of the molecule is COC(=O)c1n[nH]nc1Nc1ccccc1. The normalized spacial score (nSPS) is 9.81. The van der Waals surface area contributed by atoms with Crippen molar-refractivity contribution < 1.29 is 9.53 Å². The molecule has 0 bridgehead atoms. The van der Waals surface area contributed by atoms with E-state index < -0.39 is 5.97 Å². The second kappa shape index (κ2) is 4.43. The average Bonchev–Trinajstić information content (AvgIpc) is 2.77. The number of esters is 1. The fourth-order valence-electron chi connectivity index (χ4n) is 1.22. The van der Waals surface area contributed by atoms with E-state index in [0.717, 1.165) is 5.69 Å². The van der Waals surface area contributed by atoms with Gasteiger partial charge < -0.3 is 10.1 Å². The number of anilines is 2. The molecule has 1 aromatic carbocycles. The van der Waals surface area contributed by atoms with Crippen molar-refractivity contribution in [3.8, 4) is 0 Å². The number of hydrogen-bond donors (Lipinski definition) is 2. The number of nitrogens with zero attached hydrogens (tertiary/aromatic N) is 2. The molecule has 0 aliphatic heterocycles. The molecule has 82 valence electrons. The van der Waals surface area contributed by atoms with Gasteiger partial charge in [0.1, 0.15) is 0 Å². The molecule has 2 rings (SSSR count). The van der Waals surface area contributed by atoms with Crippen molar-refractivity contribution in [1.82, 2.24) is 15.4 Å². The maximum atomic E-state index is 11.3. The first-order chi connectivity index (χ1) is 7.81. The van der Waals surface area contributed by atoms with Crippen LogP contribution in [0.4, 0.5) is 11.5 Å². The number of carbonyl (C=O) groups excluding carboxylic acids is 1. The Hall–Kier alpha value is -2.37. The van der Waals surface area contributed by atoms with Crippen molar-refractivity contribution in [2.45, 2.75) is 0 Å². The first kappa shape index (κ1) is 10.2. The van der Waals surface area contributed by atoms with Gasteiger partial charge in [0, 0.05) is 5.69 Å². The van der Waals surface area contributed by atoms with Crippen LogP contribution in [0, 0.1) is 0 Å². The molecule has 0 spiro atoms. The molecule has 0 unspecified atom stereocenters. The molecule has 6 nitrogen and oxygen atoms in total. The summed E-state index contributed by atoms with van der Waals surface area (Å²) in [6.45, 7) is 0. The highest BCUT2D eigenvalue weighted by Gasteiger charge is 2.16. The van der Waals surface area contributed by atoms with Gasteiger partial charge in [0.2, 0.25) is 5.69 Å². The van der Waals surface area contributed by atoms with Crippen LogP contribution < -0.4 is 5.32 Å². The Kier molecular flexibility index (Phi) is 2.81. The number of aromatic nitrogens is 3. The van der Waals surface area contributed by atoms with Gasteiger partial charge in [-0.15, -0.1) is 10.2 Å². The standard InChI is InChI=1S/C10H10N4O2/c1-16-10(15)8-9(13-14-12-8)11-7-5-3-2-4-6-7/h2-6H,1H3,(H2,11,12,13,14). The Morgan fingerprint density at radius 2 is 2.06 bits per heavy atom. The third-order valence-corrected chi connectivity index (χ3v) is 1.96. The summed E-state index contributed by atoms with van der Waals surface area (Å²) in [5, 5.41) is 12.9. The number of methoxy groups -OCH3 is 1. The lowest BCUT2D eigenvalue weighted by molar-refractivity contribution is 0.0595. The number of carbonyl (C=O) groups is 1. The van der Waals surface area contributed by atoms with Crippen LogP contribution >= 0.6 is 0 Å². The molecule has 0 aliphatic rings. The van der Waals surface area contributed by atoms with Crippen LogP contribution in [0.5, 0.6) is 0 Å². The van der Waals surface area contributed by atoms with E-state index in [1.165, 1.54) is 7.11 Å². The highest BCUT2D eigenvalue weighted by atomic mass is 16.5. The minimum absolute atomic E-state index is 0.131. The number of hydrogen-bond acceptors (Lipinski definition) is 5. The number of benzene rings is 1. The lowest BCUT2D eigenvalue weighted by atomic mass is 10.3. The zero-order chi connectivity index (χ0) is 11.4. The van der Waals surface area contributed by atoms with Gasteiger partial charge in [0.25, 0.3) is 0 Å². The molecule has 0 atom stereocenters. The quantitative estimate of drug-likeness (QED) is 0.760. The summed E-state index contributed by atoms with van der Waals surface area (Å²) in [6, 6.07) is 9.36. The van der Waals surface area contributed by atoms with Crippen LogP contribution in [0.15, 0.2) is 30.3 Å². The third kappa shape index (κ3) is 2.00. The molecule has 6 heteroatoms. The van der Waals surface area contributed by atoms with E-state index in [1.54, 1.807) is 0 Å². The minimum Gasteiger partial charge on any atom is -0.464 e. The van der Waals surface area contributed by atoms with E-state index in [0.29, 0.717) is 5.82 Å². The number of ether oxygens (including phenoxy) is 1. The number of aromatic amines is 1. The van der Waals surface area contributed by atoms with E-state index in [-0.39, 0.29) is 5.69 Å². The number of rotatable bonds is 3. The fourth-order valence-corrected chi connectivity index (χ4v) is 1.22. The summed E-state index contributed by atoms with van der Waals surface area (Å²) in [7, 11) is 1.29. The van der Waals surface area contributed by atoms with Gasteiger partial charge in [-0.1, -0.05) is 18.2 Å². The smallest absolute Gasteiger partial charge is 0.362 e. The molecule has 1 aromatic heterocycles. The predicted octanol–water partition coefficient (Wildman–Crippen LogP) is 1.33. The van der Waals surface area contributed by atoms with E-state index in [2.05, 4.69) is 25.5 Å². The van der Waals surface area contributed by atoms with Gasteiger partial charge in [0.05, 0.1) is 7.11 Å². The van der Waals surface area contributed by atoms with Crippen LogP contribution in [0.1, 0.15) is 10.5 Å². The Bertz CT molecular complexity index is 481.